The van der Waals surface area contributed by atoms with E-state index in [2.05, 4.69) is 62.3 Å². The third-order valence-corrected chi connectivity index (χ3v) is 4.68. The Kier molecular flexibility index (Phi) is 4.95. The second-order valence-electron chi connectivity index (χ2n) is 5.75. The van der Waals surface area contributed by atoms with Crippen molar-refractivity contribution in [2.45, 2.75) is 40.2 Å². The lowest BCUT2D eigenvalue weighted by atomic mass is 9.99. The molecule has 0 fully saturated rings. The molecular formula is C17H24N2S. The van der Waals surface area contributed by atoms with Crippen molar-refractivity contribution in [2.75, 3.05) is 7.05 Å². The Morgan fingerprint density at radius 1 is 1.15 bits per heavy atom. The molecule has 0 radical (unpaired) electrons. The largest absolute Gasteiger partial charge is 0.307 e. The summed E-state index contributed by atoms with van der Waals surface area (Å²) in [7, 11) is 2.00. The summed E-state index contributed by atoms with van der Waals surface area (Å²) in [6.07, 6.45) is 1.14. The van der Waals surface area contributed by atoms with Gasteiger partial charge in [0.15, 0.2) is 0 Å². The van der Waals surface area contributed by atoms with Crippen LogP contribution in [0.5, 0.6) is 0 Å². The van der Waals surface area contributed by atoms with Gasteiger partial charge in [-0.1, -0.05) is 38.1 Å². The zero-order valence-electron chi connectivity index (χ0n) is 13.0. The highest BCUT2D eigenvalue weighted by Gasteiger charge is 2.16. The van der Waals surface area contributed by atoms with Crippen LogP contribution < -0.4 is 5.32 Å². The molecule has 0 spiro atoms. The third kappa shape index (κ3) is 3.47. The van der Waals surface area contributed by atoms with Crippen LogP contribution in [0.4, 0.5) is 0 Å². The van der Waals surface area contributed by atoms with E-state index < -0.39 is 0 Å². The van der Waals surface area contributed by atoms with Gasteiger partial charge in [0.05, 0.1) is 11.7 Å². The van der Waals surface area contributed by atoms with Crippen LogP contribution in [0.25, 0.3) is 0 Å². The number of nitrogens with one attached hydrogen (secondary N) is 1. The molecular weight excluding hydrogens is 264 g/mol. The normalized spacial score (nSPS) is 12.9. The summed E-state index contributed by atoms with van der Waals surface area (Å²) in [5, 5.41) is 4.54. The van der Waals surface area contributed by atoms with Gasteiger partial charge in [0.1, 0.15) is 5.01 Å². The molecule has 1 aromatic carbocycles. The van der Waals surface area contributed by atoms with E-state index in [-0.39, 0.29) is 6.04 Å². The van der Waals surface area contributed by atoms with Crippen molar-refractivity contribution in [2.24, 2.45) is 5.92 Å². The SMILES string of the molecule is CNC(c1ccc(CC(C)C)cc1)c1nc(C)c(C)s1. The lowest BCUT2D eigenvalue weighted by Gasteiger charge is -2.15. The number of hydrogen-bond acceptors (Lipinski definition) is 3. The maximum Gasteiger partial charge on any atom is 0.115 e. The van der Waals surface area contributed by atoms with Crippen LogP contribution in [-0.4, -0.2) is 12.0 Å². The highest BCUT2D eigenvalue weighted by atomic mass is 32.1. The number of nitrogens with zero attached hydrogens (tertiary/aromatic N) is 1. The molecule has 0 bridgehead atoms. The van der Waals surface area contributed by atoms with Crippen molar-refractivity contribution >= 4 is 11.3 Å². The van der Waals surface area contributed by atoms with Gasteiger partial charge in [-0.15, -0.1) is 11.3 Å². The summed E-state index contributed by atoms with van der Waals surface area (Å²) in [5.74, 6) is 0.699. The predicted octanol–water partition coefficient (Wildman–Crippen LogP) is 4.27. The fourth-order valence-electron chi connectivity index (χ4n) is 2.37. The van der Waals surface area contributed by atoms with E-state index in [1.807, 2.05) is 7.05 Å². The topological polar surface area (TPSA) is 24.9 Å². The highest BCUT2D eigenvalue weighted by molar-refractivity contribution is 7.11. The molecule has 108 valence electrons. The Hall–Kier alpha value is -1.19. The van der Waals surface area contributed by atoms with Crippen molar-refractivity contribution < 1.29 is 0 Å². The van der Waals surface area contributed by atoms with Gasteiger partial charge in [-0.05, 0) is 44.4 Å². The summed E-state index contributed by atoms with van der Waals surface area (Å²) < 4.78 is 0. The smallest absolute Gasteiger partial charge is 0.115 e. The molecule has 1 N–H and O–H groups in total. The van der Waals surface area contributed by atoms with E-state index in [9.17, 15) is 0 Å². The van der Waals surface area contributed by atoms with Gasteiger partial charge in [-0.2, -0.15) is 0 Å². The van der Waals surface area contributed by atoms with Crippen LogP contribution in [0.3, 0.4) is 0 Å². The maximum atomic E-state index is 4.68. The van der Waals surface area contributed by atoms with Crippen LogP contribution in [0.2, 0.25) is 0 Å². The molecule has 1 aromatic heterocycles. The zero-order chi connectivity index (χ0) is 14.7. The molecule has 0 aliphatic rings. The number of rotatable bonds is 5. The minimum atomic E-state index is 0.195. The van der Waals surface area contributed by atoms with E-state index in [0.29, 0.717) is 5.92 Å². The number of hydrogen-bond donors (Lipinski definition) is 1. The molecule has 0 amide bonds. The van der Waals surface area contributed by atoms with Gasteiger partial charge < -0.3 is 5.32 Å². The Morgan fingerprint density at radius 3 is 2.25 bits per heavy atom. The van der Waals surface area contributed by atoms with Gasteiger partial charge in [0.25, 0.3) is 0 Å². The fourth-order valence-corrected chi connectivity index (χ4v) is 3.43. The van der Waals surface area contributed by atoms with Crippen LogP contribution >= 0.6 is 11.3 Å². The monoisotopic (exact) mass is 288 g/mol. The van der Waals surface area contributed by atoms with E-state index in [4.69, 9.17) is 0 Å². The van der Waals surface area contributed by atoms with Gasteiger partial charge in [-0.3, -0.25) is 0 Å². The maximum absolute atomic E-state index is 4.68. The Labute approximate surface area is 126 Å². The predicted molar refractivity (Wildman–Crippen MR) is 87.5 cm³/mol. The molecule has 2 rings (SSSR count). The van der Waals surface area contributed by atoms with Crippen molar-refractivity contribution in [3.63, 3.8) is 0 Å². The molecule has 0 saturated carbocycles. The summed E-state index contributed by atoms with van der Waals surface area (Å²) >= 11 is 1.78. The average molecular weight is 288 g/mol. The minimum Gasteiger partial charge on any atom is -0.307 e. The third-order valence-electron chi connectivity index (χ3n) is 3.54. The summed E-state index contributed by atoms with van der Waals surface area (Å²) in [6.45, 7) is 8.72. The summed E-state index contributed by atoms with van der Waals surface area (Å²) in [6, 6.07) is 9.14. The molecule has 1 atom stereocenters. The summed E-state index contributed by atoms with van der Waals surface area (Å²) in [5.41, 5.74) is 3.83. The quantitative estimate of drug-likeness (QED) is 0.889. The number of aryl methyl sites for hydroxylation is 2. The van der Waals surface area contributed by atoms with Crippen molar-refractivity contribution in [1.29, 1.82) is 0 Å². The number of thiazole rings is 1. The molecule has 2 aromatic rings. The van der Waals surface area contributed by atoms with Gasteiger partial charge in [0, 0.05) is 4.88 Å². The second kappa shape index (κ2) is 6.51. The highest BCUT2D eigenvalue weighted by Crippen LogP contribution is 2.28. The van der Waals surface area contributed by atoms with Crippen molar-refractivity contribution in [3.8, 4) is 0 Å². The molecule has 0 aliphatic heterocycles. The second-order valence-corrected chi connectivity index (χ2v) is 6.99. The first-order valence-corrected chi connectivity index (χ1v) is 8.03. The fraction of sp³-hybridized carbons (Fsp3) is 0.471. The first kappa shape index (κ1) is 15.2. The van der Waals surface area contributed by atoms with Crippen LogP contribution in [0.1, 0.15) is 46.6 Å². The van der Waals surface area contributed by atoms with Crippen LogP contribution in [0.15, 0.2) is 24.3 Å². The Balaban J connectivity index is 2.23. The average Bonchev–Trinajstić information content (AvgIpc) is 2.72. The van der Waals surface area contributed by atoms with E-state index in [1.54, 1.807) is 11.3 Å². The lowest BCUT2D eigenvalue weighted by molar-refractivity contribution is 0.645. The van der Waals surface area contributed by atoms with Gasteiger partial charge >= 0.3 is 0 Å². The molecule has 0 aliphatic carbocycles. The Bertz CT molecular complexity index is 535. The van der Waals surface area contributed by atoms with Crippen molar-refractivity contribution in [3.05, 3.63) is 51.0 Å². The lowest BCUT2D eigenvalue weighted by Crippen LogP contribution is -2.17. The molecule has 3 heteroatoms. The minimum absolute atomic E-state index is 0.195. The van der Waals surface area contributed by atoms with Gasteiger partial charge in [0.2, 0.25) is 0 Å². The molecule has 0 saturated heterocycles. The van der Waals surface area contributed by atoms with Crippen LogP contribution in [-0.2, 0) is 6.42 Å². The number of aromatic nitrogens is 1. The Morgan fingerprint density at radius 2 is 1.80 bits per heavy atom. The summed E-state index contributed by atoms with van der Waals surface area (Å²) in [4.78, 5) is 5.99. The standard InChI is InChI=1S/C17H24N2S/c1-11(2)10-14-6-8-15(9-7-14)16(18-5)17-19-12(3)13(4)20-17/h6-9,11,16,18H,10H2,1-5H3. The van der Waals surface area contributed by atoms with Crippen LogP contribution in [0, 0.1) is 19.8 Å². The molecule has 20 heavy (non-hydrogen) atoms. The van der Waals surface area contributed by atoms with E-state index in [1.165, 1.54) is 16.0 Å². The first-order chi connectivity index (χ1) is 9.51. The number of benzene rings is 1. The van der Waals surface area contributed by atoms with E-state index in [0.717, 1.165) is 17.1 Å². The molecule has 1 heterocycles. The molecule has 2 nitrogen and oxygen atoms in total. The van der Waals surface area contributed by atoms with Gasteiger partial charge in [-0.25, -0.2) is 4.98 Å². The molecule has 1 unspecified atom stereocenters. The zero-order valence-corrected chi connectivity index (χ0v) is 13.8. The van der Waals surface area contributed by atoms with E-state index >= 15 is 0 Å². The van der Waals surface area contributed by atoms with Crippen molar-refractivity contribution in [1.82, 2.24) is 10.3 Å². The first-order valence-electron chi connectivity index (χ1n) is 7.21.